The number of sulfonamides is 1. The quantitative estimate of drug-likeness (QED) is 0.689. The van der Waals surface area contributed by atoms with Crippen LogP contribution in [0.1, 0.15) is 24.0 Å². The van der Waals surface area contributed by atoms with Crippen LogP contribution in [0.2, 0.25) is 0 Å². The lowest BCUT2D eigenvalue weighted by Gasteiger charge is -2.23. The highest BCUT2D eigenvalue weighted by molar-refractivity contribution is 7.89. The molecule has 8 heteroatoms. The van der Waals surface area contributed by atoms with E-state index in [1.54, 1.807) is 18.2 Å². The van der Waals surface area contributed by atoms with Crippen LogP contribution in [0.4, 0.5) is 4.39 Å². The van der Waals surface area contributed by atoms with E-state index in [1.165, 1.54) is 35.7 Å². The molecule has 0 radical (unpaired) electrons. The number of rotatable bonds is 6. The molecule has 1 atom stereocenters. The lowest BCUT2D eigenvalue weighted by atomic mass is 10.2. The zero-order valence-electron chi connectivity index (χ0n) is 15.7. The van der Waals surface area contributed by atoms with E-state index < -0.39 is 27.9 Å². The third kappa shape index (κ3) is 4.18. The van der Waals surface area contributed by atoms with Gasteiger partial charge < -0.3 is 9.47 Å². The highest BCUT2D eigenvalue weighted by Gasteiger charge is 2.40. The van der Waals surface area contributed by atoms with Crippen molar-refractivity contribution in [3.8, 4) is 5.75 Å². The second-order valence-corrected chi connectivity index (χ2v) is 8.55. The number of ether oxygens (including phenoxy) is 2. The molecule has 2 aromatic rings. The number of carbonyl (C=O) groups excluding carboxylic acids is 1. The lowest BCUT2D eigenvalue weighted by molar-refractivity contribution is -0.148. The smallest absolute Gasteiger partial charge is 0.324 e. The predicted octanol–water partition coefficient (Wildman–Crippen LogP) is 3.04. The Kier molecular flexibility index (Phi) is 6.00. The molecule has 1 heterocycles. The maximum absolute atomic E-state index is 13.8. The van der Waals surface area contributed by atoms with E-state index in [4.69, 9.17) is 9.47 Å². The van der Waals surface area contributed by atoms with E-state index in [1.807, 2.05) is 6.92 Å². The Bertz CT molecular complexity index is 959. The number of hydrogen-bond donors (Lipinski definition) is 0. The molecule has 1 fully saturated rings. The largest absolute Gasteiger partial charge is 0.494 e. The Labute approximate surface area is 163 Å². The molecule has 0 saturated carbocycles. The first-order valence-corrected chi connectivity index (χ1v) is 10.3. The van der Waals surface area contributed by atoms with Gasteiger partial charge in [-0.25, -0.2) is 12.8 Å². The molecule has 0 aliphatic carbocycles. The molecule has 0 bridgehead atoms. The molecular weight excluding hydrogens is 385 g/mol. The summed E-state index contributed by atoms with van der Waals surface area (Å²) in [6, 6.07) is 9.88. The fourth-order valence-electron chi connectivity index (χ4n) is 3.16. The van der Waals surface area contributed by atoms with E-state index in [-0.39, 0.29) is 23.8 Å². The van der Waals surface area contributed by atoms with Gasteiger partial charge >= 0.3 is 5.97 Å². The topological polar surface area (TPSA) is 72.9 Å². The average molecular weight is 407 g/mol. The van der Waals surface area contributed by atoms with Crippen molar-refractivity contribution in [3.05, 3.63) is 59.4 Å². The van der Waals surface area contributed by atoms with Gasteiger partial charge in [0.1, 0.15) is 12.6 Å². The number of halogens is 1. The van der Waals surface area contributed by atoms with E-state index in [0.29, 0.717) is 18.4 Å². The van der Waals surface area contributed by atoms with Gasteiger partial charge in [-0.05, 0) is 49.6 Å². The van der Waals surface area contributed by atoms with Crippen LogP contribution < -0.4 is 4.74 Å². The van der Waals surface area contributed by atoms with Gasteiger partial charge in [0.05, 0.1) is 12.0 Å². The number of methoxy groups -OCH3 is 1. The number of nitrogens with zero attached hydrogens (tertiary/aromatic N) is 1. The number of esters is 1. The summed E-state index contributed by atoms with van der Waals surface area (Å²) < 4.78 is 50.9. The van der Waals surface area contributed by atoms with Gasteiger partial charge in [0.15, 0.2) is 11.6 Å². The van der Waals surface area contributed by atoms with Crippen LogP contribution in [0.5, 0.6) is 5.75 Å². The minimum Gasteiger partial charge on any atom is -0.494 e. The molecule has 0 N–H and O–H groups in total. The minimum atomic E-state index is -3.79. The van der Waals surface area contributed by atoms with Gasteiger partial charge in [-0.3, -0.25) is 4.79 Å². The number of hydrogen-bond acceptors (Lipinski definition) is 5. The van der Waals surface area contributed by atoms with Crippen molar-refractivity contribution in [1.29, 1.82) is 0 Å². The third-order valence-electron chi connectivity index (χ3n) is 4.70. The molecule has 1 aliphatic heterocycles. The highest BCUT2D eigenvalue weighted by atomic mass is 32.2. The molecule has 1 saturated heterocycles. The Morgan fingerprint density at radius 3 is 2.57 bits per heavy atom. The van der Waals surface area contributed by atoms with Crippen LogP contribution in [0.3, 0.4) is 0 Å². The Balaban J connectivity index is 1.70. The zero-order chi connectivity index (χ0) is 20.3. The van der Waals surface area contributed by atoms with Crippen LogP contribution in [-0.4, -0.2) is 38.4 Å². The van der Waals surface area contributed by atoms with Crippen molar-refractivity contribution in [2.45, 2.75) is 37.3 Å². The number of aryl methyl sites for hydroxylation is 1. The minimum absolute atomic E-state index is 0.0984. The molecule has 28 heavy (non-hydrogen) atoms. The summed E-state index contributed by atoms with van der Waals surface area (Å²) in [5, 5.41) is 0. The van der Waals surface area contributed by atoms with Crippen molar-refractivity contribution >= 4 is 16.0 Å². The summed E-state index contributed by atoms with van der Waals surface area (Å²) in [6.07, 6.45) is 0.961. The summed E-state index contributed by atoms with van der Waals surface area (Å²) in [6.45, 7) is 1.98. The molecule has 0 amide bonds. The van der Waals surface area contributed by atoms with Crippen molar-refractivity contribution in [2.24, 2.45) is 0 Å². The van der Waals surface area contributed by atoms with E-state index >= 15 is 0 Å². The van der Waals surface area contributed by atoms with Crippen molar-refractivity contribution in [3.63, 3.8) is 0 Å². The van der Waals surface area contributed by atoms with Crippen molar-refractivity contribution < 1.29 is 27.1 Å². The summed E-state index contributed by atoms with van der Waals surface area (Å²) in [7, 11) is -2.43. The molecule has 1 aliphatic rings. The second kappa shape index (κ2) is 8.28. The Morgan fingerprint density at radius 2 is 1.93 bits per heavy atom. The van der Waals surface area contributed by atoms with Gasteiger partial charge in [-0.1, -0.05) is 23.8 Å². The summed E-state index contributed by atoms with van der Waals surface area (Å²) in [5.41, 5.74) is 1.40. The van der Waals surface area contributed by atoms with Gasteiger partial charge in [-0.2, -0.15) is 4.31 Å². The van der Waals surface area contributed by atoms with Crippen LogP contribution in [0.15, 0.2) is 47.4 Å². The summed E-state index contributed by atoms with van der Waals surface area (Å²) in [5.74, 6) is -1.09. The molecule has 2 aromatic carbocycles. The fourth-order valence-corrected chi connectivity index (χ4v) is 4.81. The van der Waals surface area contributed by atoms with Crippen LogP contribution in [0.25, 0.3) is 0 Å². The lowest BCUT2D eigenvalue weighted by Crippen LogP contribution is -2.41. The zero-order valence-corrected chi connectivity index (χ0v) is 16.5. The maximum atomic E-state index is 13.8. The summed E-state index contributed by atoms with van der Waals surface area (Å²) >= 11 is 0. The first kappa shape index (κ1) is 20.3. The van der Waals surface area contributed by atoms with Crippen molar-refractivity contribution in [2.75, 3.05) is 13.7 Å². The molecular formula is C20H22FNO5S. The average Bonchev–Trinajstić information content (AvgIpc) is 3.17. The van der Waals surface area contributed by atoms with Gasteiger partial charge in [0, 0.05) is 6.54 Å². The Morgan fingerprint density at radius 1 is 1.21 bits per heavy atom. The number of carbonyl (C=O) groups is 1. The van der Waals surface area contributed by atoms with E-state index in [9.17, 15) is 17.6 Å². The van der Waals surface area contributed by atoms with Crippen LogP contribution in [0, 0.1) is 12.7 Å². The standard InChI is InChI=1S/C20H22FNO5S/c1-14-5-8-16(9-6-14)28(24,25)22-11-3-4-18(22)20(23)27-13-15-7-10-19(26-2)17(21)12-15/h5-10,12,18H,3-4,11,13H2,1-2H3/t18-/m0/s1. The third-order valence-corrected chi connectivity index (χ3v) is 6.62. The first-order valence-electron chi connectivity index (χ1n) is 8.90. The van der Waals surface area contributed by atoms with E-state index in [0.717, 1.165) is 5.56 Å². The molecule has 0 aromatic heterocycles. The van der Waals surface area contributed by atoms with Gasteiger partial charge in [-0.15, -0.1) is 0 Å². The Hall–Kier alpha value is -2.45. The van der Waals surface area contributed by atoms with E-state index in [2.05, 4.69) is 0 Å². The SMILES string of the molecule is COc1ccc(COC(=O)[C@@H]2CCCN2S(=O)(=O)c2ccc(C)cc2)cc1F. The predicted molar refractivity (Wildman–Crippen MR) is 101 cm³/mol. The molecule has 6 nitrogen and oxygen atoms in total. The summed E-state index contributed by atoms with van der Waals surface area (Å²) in [4.78, 5) is 12.7. The fraction of sp³-hybridized carbons (Fsp3) is 0.350. The first-order chi connectivity index (χ1) is 13.3. The van der Waals surface area contributed by atoms with Crippen molar-refractivity contribution in [1.82, 2.24) is 4.31 Å². The normalized spacial score (nSPS) is 17.5. The molecule has 0 spiro atoms. The highest BCUT2D eigenvalue weighted by Crippen LogP contribution is 2.27. The molecule has 150 valence electrons. The second-order valence-electron chi connectivity index (χ2n) is 6.66. The van der Waals surface area contributed by atoms with Gasteiger partial charge in [0.2, 0.25) is 10.0 Å². The molecule has 3 rings (SSSR count). The monoisotopic (exact) mass is 407 g/mol. The maximum Gasteiger partial charge on any atom is 0.324 e. The number of benzene rings is 2. The van der Waals surface area contributed by atoms with Crippen LogP contribution >= 0.6 is 0 Å². The van der Waals surface area contributed by atoms with Crippen LogP contribution in [-0.2, 0) is 26.2 Å². The van der Waals surface area contributed by atoms with Gasteiger partial charge in [0.25, 0.3) is 0 Å². The molecule has 0 unspecified atom stereocenters.